The highest BCUT2D eigenvalue weighted by Gasteiger charge is 2.22. The van der Waals surface area contributed by atoms with E-state index in [4.69, 9.17) is 26.1 Å². The predicted molar refractivity (Wildman–Crippen MR) is 142 cm³/mol. The molecule has 0 aliphatic rings. The molecule has 0 unspecified atom stereocenters. The van der Waals surface area contributed by atoms with E-state index in [2.05, 4.69) is 0 Å². The fourth-order valence-corrected chi connectivity index (χ4v) is 5.60. The molecular formula is C26H25ClN2O3S2. The average molecular weight is 513 g/mol. The van der Waals surface area contributed by atoms with E-state index in [1.165, 1.54) is 11.3 Å². The molecule has 0 saturated carbocycles. The number of carbonyl (C=O) groups is 1. The normalized spacial score (nSPS) is 10.9. The van der Waals surface area contributed by atoms with Gasteiger partial charge < -0.3 is 9.47 Å². The Hall–Kier alpha value is -2.74. The van der Waals surface area contributed by atoms with E-state index in [0.29, 0.717) is 34.4 Å². The smallest absolute Gasteiger partial charge is 0.229 e. The number of amides is 1. The SMILES string of the molecule is COc1ccc(SCCCC(=O)N(Cc2ccccc2)c2nc3c(OC)ccc(Cl)c3s2)cc1. The van der Waals surface area contributed by atoms with Crippen molar-refractivity contribution in [2.45, 2.75) is 24.3 Å². The summed E-state index contributed by atoms with van der Waals surface area (Å²) in [4.78, 5) is 21.0. The number of thiazole rings is 1. The van der Waals surface area contributed by atoms with Gasteiger partial charge in [-0.3, -0.25) is 9.69 Å². The number of hydrogen-bond donors (Lipinski definition) is 0. The first-order chi connectivity index (χ1) is 16.6. The molecule has 4 rings (SSSR count). The van der Waals surface area contributed by atoms with Crippen molar-refractivity contribution < 1.29 is 14.3 Å². The van der Waals surface area contributed by atoms with E-state index in [1.807, 2.05) is 54.6 Å². The van der Waals surface area contributed by atoms with Gasteiger partial charge in [0, 0.05) is 11.3 Å². The summed E-state index contributed by atoms with van der Waals surface area (Å²) >= 11 is 9.57. The van der Waals surface area contributed by atoms with Gasteiger partial charge in [0.25, 0.3) is 0 Å². The lowest BCUT2D eigenvalue weighted by molar-refractivity contribution is -0.118. The third-order valence-corrected chi connectivity index (χ3v) is 7.88. The first kappa shape index (κ1) is 24.4. The first-order valence-corrected chi connectivity index (χ1v) is 13.0. The van der Waals surface area contributed by atoms with Crippen LogP contribution in [0.2, 0.25) is 5.02 Å². The highest BCUT2D eigenvalue weighted by molar-refractivity contribution is 7.99. The Kier molecular flexibility index (Phi) is 8.32. The monoisotopic (exact) mass is 512 g/mol. The third kappa shape index (κ3) is 5.84. The largest absolute Gasteiger partial charge is 0.497 e. The molecule has 34 heavy (non-hydrogen) atoms. The molecule has 1 heterocycles. The van der Waals surface area contributed by atoms with Crippen LogP contribution in [0.3, 0.4) is 0 Å². The summed E-state index contributed by atoms with van der Waals surface area (Å²) in [6, 6.07) is 21.5. The Morgan fingerprint density at radius 2 is 1.79 bits per heavy atom. The summed E-state index contributed by atoms with van der Waals surface area (Å²) in [5.74, 6) is 2.36. The van der Waals surface area contributed by atoms with Crippen molar-refractivity contribution in [3.05, 3.63) is 77.3 Å². The highest BCUT2D eigenvalue weighted by atomic mass is 35.5. The lowest BCUT2D eigenvalue weighted by Gasteiger charge is -2.20. The number of rotatable bonds is 10. The Bertz CT molecular complexity index is 1250. The molecule has 1 amide bonds. The summed E-state index contributed by atoms with van der Waals surface area (Å²) in [5, 5.41) is 1.22. The molecule has 8 heteroatoms. The topological polar surface area (TPSA) is 51.7 Å². The van der Waals surface area contributed by atoms with E-state index in [-0.39, 0.29) is 5.91 Å². The summed E-state index contributed by atoms with van der Waals surface area (Å²) in [6.45, 7) is 0.449. The molecule has 0 radical (unpaired) electrons. The second-order valence-electron chi connectivity index (χ2n) is 7.52. The minimum absolute atomic E-state index is 0.0355. The van der Waals surface area contributed by atoms with Gasteiger partial charge in [0.1, 0.15) is 17.0 Å². The van der Waals surface area contributed by atoms with Gasteiger partial charge in [-0.15, -0.1) is 11.8 Å². The Balaban J connectivity index is 1.49. The van der Waals surface area contributed by atoms with Crippen LogP contribution in [0, 0.1) is 0 Å². The van der Waals surface area contributed by atoms with E-state index in [0.717, 1.165) is 33.1 Å². The Labute approximate surface area is 212 Å². The molecule has 4 aromatic rings. The van der Waals surface area contributed by atoms with Crippen LogP contribution in [-0.4, -0.2) is 30.9 Å². The van der Waals surface area contributed by atoms with Gasteiger partial charge in [0.05, 0.1) is 30.5 Å². The Morgan fingerprint density at radius 1 is 1.03 bits per heavy atom. The molecule has 3 aromatic carbocycles. The molecule has 0 aliphatic heterocycles. The molecule has 0 bridgehead atoms. The summed E-state index contributed by atoms with van der Waals surface area (Å²) in [7, 11) is 3.26. The second kappa shape index (κ2) is 11.6. The number of anilines is 1. The van der Waals surface area contributed by atoms with Gasteiger partial charge in [-0.1, -0.05) is 53.3 Å². The number of carbonyl (C=O) groups excluding carboxylic acids is 1. The fraction of sp³-hybridized carbons (Fsp3) is 0.231. The van der Waals surface area contributed by atoms with Crippen LogP contribution >= 0.6 is 34.7 Å². The molecule has 0 saturated heterocycles. The van der Waals surface area contributed by atoms with Crippen molar-refractivity contribution in [1.82, 2.24) is 4.98 Å². The average Bonchev–Trinajstić information content (AvgIpc) is 3.32. The zero-order valence-electron chi connectivity index (χ0n) is 19.0. The zero-order chi connectivity index (χ0) is 23.9. The van der Waals surface area contributed by atoms with E-state index in [9.17, 15) is 4.79 Å². The van der Waals surface area contributed by atoms with Gasteiger partial charge in [0.2, 0.25) is 5.91 Å². The molecule has 1 aromatic heterocycles. The molecule has 176 valence electrons. The molecule has 5 nitrogen and oxygen atoms in total. The quantitative estimate of drug-likeness (QED) is 0.168. The first-order valence-electron chi connectivity index (χ1n) is 10.8. The van der Waals surface area contributed by atoms with Crippen molar-refractivity contribution in [2.75, 3.05) is 24.9 Å². The number of ether oxygens (including phenoxy) is 2. The maximum absolute atomic E-state index is 13.4. The van der Waals surface area contributed by atoms with Gasteiger partial charge in [-0.05, 0) is 54.1 Å². The van der Waals surface area contributed by atoms with E-state index >= 15 is 0 Å². The lowest BCUT2D eigenvalue weighted by atomic mass is 10.2. The lowest BCUT2D eigenvalue weighted by Crippen LogP contribution is -2.30. The second-order valence-corrected chi connectivity index (χ2v) is 10.1. The van der Waals surface area contributed by atoms with Crippen molar-refractivity contribution in [2.24, 2.45) is 0 Å². The van der Waals surface area contributed by atoms with Crippen LogP contribution in [0.15, 0.2) is 71.6 Å². The van der Waals surface area contributed by atoms with Crippen LogP contribution < -0.4 is 14.4 Å². The maximum Gasteiger partial charge on any atom is 0.229 e. The molecule has 0 N–H and O–H groups in total. The van der Waals surface area contributed by atoms with Crippen molar-refractivity contribution >= 4 is 56.0 Å². The summed E-state index contributed by atoms with van der Waals surface area (Å²) in [6.07, 6.45) is 1.19. The maximum atomic E-state index is 13.4. The molecule has 0 atom stereocenters. The summed E-state index contributed by atoms with van der Waals surface area (Å²) in [5.41, 5.74) is 1.72. The number of nitrogens with zero attached hydrogens (tertiary/aromatic N) is 2. The predicted octanol–water partition coefficient (Wildman–Crippen LogP) is 7.07. The van der Waals surface area contributed by atoms with Crippen LogP contribution in [0.4, 0.5) is 5.13 Å². The van der Waals surface area contributed by atoms with Gasteiger partial charge >= 0.3 is 0 Å². The number of methoxy groups -OCH3 is 2. The minimum atomic E-state index is 0.0355. The number of fused-ring (bicyclic) bond motifs is 1. The van der Waals surface area contributed by atoms with E-state index < -0.39 is 0 Å². The number of hydrogen-bond acceptors (Lipinski definition) is 6. The van der Waals surface area contributed by atoms with Crippen molar-refractivity contribution in [3.8, 4) is 11.5 Å². The molecule has 0 spiro atoms. The molecule has 0 fully saturated rings. The fourth-order valence-electron chi connectivity index (χ4n) is 3.47. The van der Waals surface area contributed by atoms with Crippen molar-refractivity contribution in [1.29, 1.82) is 0 Å². The number of thioether (sulfide) groups is 1. The summed E-state index contributed by atoms with van der Waals surface area (Å²) < 4.78 is 11.5. The number of benzene rings is 3. The standard InChI is InChI=1S/C26H25ClN2O3S2/c1-31-19-10-12-20(13-11-19)33-16-6-9-23(30)29(17-18-7-4-3-5-8-18)26-28-24-22(32-2)15-14-21(27)25(24)34-26/h3-5,7-8,10-15H,6,9,16-17H2,1-2H3. The van der Waals surface area contributed by atoms with Gasteiger partial charge in [0.15, 0.2) is 5.13 Å². The van der Waals surface area contributed by atoms with Gasteiger partial charge in [-0.25, -0.2) is 4.98 Å². The van der Waals surface area contributed by atoms with Crippen LogP contribution in [0.5, 0.6) is 11.5 Å². The van der Waals surface area contributed by atoms with Crippen LogP contribution in [0.1, 0.15) is 18.4 Å². The minimum Gasteiger partial charge on any atom is -0.497 e. The number of aromatic nitrogens is 1. The zero-order valence-corrected chi connectivity index (χ0v) is 21.4. The molecular weight excluding hydrogens is 488 g/mol. The van der Waals surface area contributed by atoms with Gasteiger partial charge in [-0.2, -0.15) is 0 Å². The van der Waals surface area contributed by atoms with Crippen molar-refractivity contribution in [3.63, 3.8) is 0 Å². The Morgan fingerprint density at radius 3 is 2.50 bits per heavy atom. The van der Waals surface area contributed by atoms with Crippen LogP contribution in [0.25, 0.3) is 10.2 Å². The molecule has 0 aliphatic carbocycles. The highest BCUT2D eigenvalue weighted by Crippen LogP contribution is 2.39. The van der Waals surface area contributed by atoms with Crippen LogP contribution in [-0.2, 0) is 11.3 Å². The third-order valence-electron chi connectivity index (χ3n) is 5.25. The van der Waals surface area contributed by atoms with E-state index in [1.54, 1.807) is 43.0 Å². The number of halogens is 1.